The van der Waals surface area contributed by atoms with E-state index in [2.05, 4.69) is 10.6 Å². The van der Waals surface area contributed by atoms with Gasteiger partial charge in [0.25, 0.3) is 11.8 Å². The third-order valence-corrected chi connectivity index (χ3v) is 20.4. The Morgan fingerprint density at radius 3 is 1.22 bits per heavy atom. The zero-order valence-electron chi connectivity index (χ0n) is 70.3. The maximum atomic E-state index is 14.0. The van der Waals surface area contributed by atoms with Gasteiger partial charge in [-0.25, -0.2) is 18.4 Å². The van der Waals surface area contributed by atoms with E-state index in [1.807, 2.05) is 134 Å². The minimum absolute atomic E-state index is 0. The monoisotopic (exact) mass is 1810 g/mol. The van der Waals surface area contributed by atoms with Gasteiger partial charge in [-0.15, -0.1) is 0 Å². The number of carboxylic acid groups (broad SMARTS) is 2. The number of aliphatic carboxylic acids is 2. The van der Waals surface area contributed by atoms with Gasteiger partial charge in [0.2, 0.25) is 0 Å². The molecule has 0 aliphatic carbocycles. The Balaban J connectivity index is 0.000000333. The molecule has 11 rings (SSSR count). The summed E-state index contributed by atoms with van der Waals surface area (Å²) < 4.78 is 164. The van der Waals surface area contributed by atoms with Crippen LogP contribution in [-0.2, 0) is 57.2 Å². The van der Waals surface area contributed by atoms with Crippen LogP contribution in [0.15, 0.2) is 206 Å². The maximum Gasteiger partial charge on any atom is 2.00 e. The first kappa shape index (κ1) is 106. The van der Waals surface area contributed by atoms with Crippen molar-refractivity contribution < 1.29 is 134 Å². The van der Waals surface area contributed by atoms with Crippen molar-refractivity contribution in [2.75, 3.05) is 29.3 Å². The molecular weight excluding hydrogens is 1710 g/mol. The molecule has 8 aromatic carbocycles. The number of fused-ring (bicyclic) bond motifs is 1. The van der Waals surface area contributed by atoms with Gasteiger partial charge in [0.05, 0.1) is 89.1 Å². The molecule has 0 saturated heterocycles. The van der Waals surface area contributed by atoms with Gasteiger partial charge in [0.1, 0.15) is 11.6 Å². The number of methoxy groups -OCH3 is 1. The molecule has 2 aromatic heterocycles. The second-order valence-corrected chi connectivity index (χ2v) is 29.9. The summed E-state index contributed by atoms with van der Waals surface area (Å²) >= 11 is 0. The summed E-state index contributed by atoms with van der Waals surface area (Å²) in [6.45, 7) is 10.7. The minimum atomic E-state index is -5.17. The Morgan fingerprint density at radius 2 is 0.882 bits per heavy atom. The van der Waals surface area contributed by atoms with Gasteiger partial charge in [-0.3, -0.25) is 19.4 Å². The maximum absolute atomic E-state index is 14.0. The van der Waals surface area contributed by atoms with E-state index in [0.717, 1.165) is 45.5 Å². The van der Waals surface area contributed by atoms with E-state index in [1.54, 1.807) is 55.5 Å². The molecule has 0 radical (unpaired) electrons. The van der Waals surface area contributed by atoms with E-state index in [1.165, 1.54) is 31.2 Å². The fraction of sp³-hybridized carbons (Fsp3) is 0.326. The number of hydrogen-bond acceptors (Lipinski definition) is 14. The Morgan fingerprint density at radius 1 is 0.504 bits per heavy atom. The summed E-state index contributed by atoms with van der Waals surface area (Å²) in [5.74, 6) is -4.41. The summed E-state index contributed by atoms with van der Waals surface area (Å²) in [7, 11) is 0.903. The molecule has 23 nitrogen and oxygen atoms in total. The summed E-state index contributed by atoms with van der Waals surface area (Å²) in [5, 5.41) is 69.2. The molecule has 10 aromatic rings. The van der Waals surface area contributed by atoms with Crippen molar-refractivity contribution >= 4 is 90.7 Å². The van der Waals surface area contributed by atoms with Crippen molar-refractivity contribution in [3.8, 4) is 44.8 Å². The molecule has 0 unspecified atom stereocenters. The van der Waals surface area contributed by atoms with Gasteiger partial charge in [-0.2, -0.15) is 39.5 Å². The van der Waals surface area contributed by atoms with Crippen LogP contribution in [0.3, 0.4) is 0 Å². The molecule has 678 valence electrons. The average molecular weight is 1810 g/mol. The molecule has 0 saturated carbocycles. The van der Waals surface area contributed by atoms with Gasteiger partial charge < -0.3 is 85.9 Å². The molecule has 3 heterocycles. The molecular formula is C92H99CaF11N6O17. The van der Waals surface area contributed by atoms with Crippen molar-refractivity contribution in [1.82, 2.24) is 14.0 Å². The molecule has 12 N–H and O–H groups in total. The predicted molar refractivity (Wildman–Crippen MR) is 453 cm³/mol. The number of ether oxygens (including phenoxy) is 2. The Bertz CT molecular complexity index is 5000. The number of alkyl halides is 9. The SMILES string of the molecule is CC(C)c1c(C(=O)Nc2ccccc2)c(-c2ccccc2)c(-c2ccc(F)cc2)n1CC[C@@H](O)C[C@@H](O)CC(=O)[O-].CC(C)c1c(C(=O)Nc2ccccc2)c(-c2ccccc2)c(-c2ccc(F)cc2)n1CC[C@@H](O)C[C@@H](O)CC(=O)[O-].CCOC(=O)N1c2ccc(C(F)(F)F)cc2[C@@H](N(Cc2cc(C(F)(F)F)cc(C(F)(F)F)c2)C(=O)OC)C[C@H]1CC.O.O.O.[Ca+2]. The molecule has 35 heteroatoms. The van der Waals surface area contributed by atoms with E-state index < -0.39 is 132 Å². The predicted octanol–water partition coefficient (Wildman–Crippen LogP) is 15.3. The smallest absolute Gasteiger partial charge is 0.550 e. The Labute approximate surface area is 755 Å². The number of halogens is 11. The van der Waals surface area contributed by atoms with Crippen LogP contribution >= 0.6 is 0 Å². The quantitative estimate of drug-likeness (QED) is 0.0187. The Kier molecular flexibility index (Phi) is 40.0. The van der Waals surface area contributed by atoms with Crippen molar-refractivity contribution in [3.63, 3.8) is 0 Å². The first-order valence-corrected chi connectivity index (χ1v) is 39.5. The van der Waals surface area contributed by atoms with Crippen LogP contribution in [0.2, 0.25) is 0 Å². The number of carbonyl (C=O) groups excluding carboxylic acids is 6. The van der Waals surface area contributed by atoms with Gasteiger partial charge in [-0.1, -0.05) is 132 Å². The first-order chi connectivity index (χ1) is 58.2. The topological polar surface area (TPSA) is 383 Å². The van der Waals surface area contributed by atoms with E-state index in [0.29, 0.717) is 80.4 Å². The number of nitrogens with one attached hydrogen (secondary N) is 2. The molecule has 1 aliphatic heterocycles. The fourth-order valence-electron chi connectivity index (χ4n) is 15.1. The van der Waals surface area contributed by atoms with Crippen molar-refractivity contribution in [1.29, 1.82) is 0 Å². The number of aliphatic hydroxyl groups excluding tert-OH is 4. The van der Waals surface area contributed by atoms with Crippen molar-refractivity contribution in [2.24, 2.45) is 0 Å². The van der Waals surface area contributed by atoms with Crippen LogP contribution in [0.5, 0.6) is 0 Å². The molecule has 1 aliphatic rings. The largest absolute Gasteiger partial charge is 2.00 e. The Hall–Kier alpha value is -11.1. The average Bonchev–Trinajstić information content (AvgIpc) is 1.63. The summed E-state index contributed by atoms with van der Waals surface area (Å²) in [6, 6.07) is 50.5. The summed E-state index contributed by atoms with van der Waals surface area (Å²) in [6.07, 6.45) is -22.8. The van der Waals surface area contributed by atoms with Gasteiger partial charge in [0, 0.05) is 84.3 Å². The minimum Gasteiger partial charge on any atom is -0.550 e. The number of rotatable bonds is 29. The molecule has 0 spiro atoms. The summed E-state index contributed by atoms with van der Waals surface area (Å²) in [4.78, 5) is 77.4. The number of para-hydroxylation sites is 2. The number of carbonyl (C=O) groups is 6. The number of benzene rings is 8. The molecule has 0 bridgehead atoms. The van der Waals surface area contributed by atoms with Crippen LogP contribution in [0, 0.1) is 11.6 Å². The number of hydrogen-bond donors (Lipinski definition) is 6. The normalized spacial score (nSPS) is 13.9. The van der Waals surface area contributed by atoms with Crippen molar-refractivity contribution in [3.05, 3.63) is 268 Å². The van der Waals surface area contributed by atoms with Crippen LogP contribution in [0.25, 0.3) is 44.8 Å². The van der Waals surface area contributed by atoms with Crippen LogP contribution in [0.1, 0.15) is 171 Å². The van der Waals surface area contributed by atoms with Crippen molar-refractivity contribution in [2.45, 2.75) is 179 Å². The first-order valence-electron chi connectivity index (χ1n) is 39.5. The second-order valence-electron chi connectivity index (χ2n) is 29.9. The summed E-state index contributed by atoms with van der Waals surface area (Å²) in [5.41, 5.74) is 4.16. The third kappa shape index (κ3) is 28.0. The van der Waals surface area contributed by atoms with Crippen LogP contribution in [-0.4, -0.2) is 169 Å². The van der Waals surface area contributed by atoms with Crippen LogP contribution in [0.4, 0.5) is 74.9 Å². The van der Waals surface area contributed by atoms with Gasteiger partial charge in [0.15, 0.2) is 0 Å². The third-order valence-electron chi connectivity index (χ3n) is 20.4. The number of nitrogens with zero attached hydrogens (tertiary/aromatic N) is 4. The molecule has 127 heavy (non-hydrogen) atoms. The van der Waals surface area contributed by atoms with E-state index in [9.17, 15) is 108 Å². The number of carboxylic acids is 2. The van der Waals surface area contributed by atoms with E-state index >= 15 is 0 Å². The standard InChI is InChI=1S/2C33H35FN2O5.C26H25F9N2O4.Ca.3H2O/c2*1-21(2)31-30(33(41)35-25-11-7-4-8-12-25)29(22-9-5-3-6-10-22)32(23-13-15-24(34)16-14-23)36(31)18-17-26(37)19-27(38)20-28(39)40;1-4-18-12-21(19-11-15(24(27,28)29)6-7-20(19)37(18)23(39)41-5-2)36(22(38)40-3)13-14-8-16(25(30,31)32)10-17(9-14)26(33,34)35;;;;/h2*3-16,21,26-27,37-38H,17-20H2,1-2H3,(H,35,41)(H,39,40);6-11,18,21H,4-5,12-13H2,1-3H3;;3*1H2/q;;;+2;;;/p-2/t2*26-,27-;18-,21+;;;;/m111..../s1. The van der Waals surface area contributed by atoms with E-state index in [-0.39, 0.29) is 153 Å². The number of anilines is 3. The second kappa shape index (κ2) is 47.7. The number of amides is 4. The van der Waals surface area contributed by atoms with Crippen LogP contribution < -0.4 is 25.7 Å². The number of aromatic nitrogens is 2. The van der Waals surface area contributed by atoms with Gasteiger partial charge >= 0.3 is 68.5 Å². The zero-order chi connectivity index (χ0) is 89.9. The van der Waals surface area contributed by atoms with Gasteiger partial charge in [-0.05, 0) is 200 Å². The number of aliphatic hydroxyl groups is 4. The fourth-order valence-corrected chi connectivity index (χ4v) is 15.1. The zero-order valence-corrected chi connectivity index (χ0v) is 72.5. The molecule has 6 atom stereocenters. The van der Waals surface area contributed by atoms with E-state index in [4.69, 9.17) is 9.47 Å². The molecule has 4 amide bonds. The molecule has 0 fully saturated rings.